The molecule has 8 heteroatoms. The molecule has 174 valence electrons. The van der Waals surface area contributed by atoms with E-state index in [0.717, 1.165) is 11.1 Å². The number of rotatable bonds is 8. The number of likely N-dealkylation sites (N-methyl/N-ethyl adjacent to an activating group) is 1. The van der Waals surface area contributed by atoms with Crippen LogP contribution in [0.2, 0.25) is 0 Å². The summed E-state index contributed by atoms with van der Waals surface area (Å²) in [6.45, 7) is 1.75. The first kappa shape index (κ1) is 24.2. The van der Waals surface area contributed by atoms with Gasteiger partial charge in [0.05, 0.1) is 12.0 Å². The van der Waals surface area contributed by atoms with Crippen molar-refractivity contribution in [3.8, 4) is 0 Å². The lowest BCUT2D eigenvalue weighted by molar-refractivity contribution is -0.384. The van der Waals surface area contributed by atoms with Crippen LogP contribution in [0.3, 0.4) is 0 Å². The van der Waals surface area contributed by atoms with E-state index in [0.29, 0.717) is 11.1 Å². The third-order valence-corrected chi connectivity index (χ3v) is 5.06. The molecule has 0 unspecified atom stereocenters. The minimum Gasteiger partial charge on any atom is -0.464 e. The minimum absolute atomic E-state index is 0.0519. The summed E-state index contributed by atoms with van der Waals surface area (Å²) in [4.78, 5) is 37.7. The molecule has 8 nitrogen and oxygen atoms in total. The monoisotopic (exact) mass is 460 g/mol. The Hall–Kier alpha value is -4.46. The molecule has 0 radical (unpaired) electrons. The number of ether oxygens (including phenoxy) is 2. The molecule has 0 spiro atoms. The van der Waals surface area contributed by atoms with Crippen molar-refractivity contribution in [3.05, 3.63) is 117 Å². The summed E-state index contributed by atoms with van der Waals surface area (Å²) < 4.78 is 10.5. The number of benzene rings is 3. The molecule has 0 fully saturated rings. The van der Waals surface area contributed by atoms with Gasteiger partial charge < -0.3 is 9.47 Å². The van der Waals surface area contributed by atoms with Gasteiger partial charge in [-0.25, -0.2) is 9.59 Å². The Morgan fingerprint density at radius 2 is 1.41 bits per heavy atom. The molecule has 3 rings (SSSR count). The van der Waals surface area contributed by atoms with E-state index in [1.165, 1.54) is 36.3 Å². The normalized spacial score (nSPS) is 10.2. The third-order valence-electron chi connectivity index (χ3n) is 5.06. The van der Waals surface area contributed by atoms with E-state index in [1.807, 2.05) is 60.7 Å². The van der Waals surface area contributed by atoms with Crippen LogP contribution in [0.1, 0.15) is 23.6 Å². The number of hydrogen-bond donors (Lipinski definition) is 0. The summed E-state index contributed by atoms with van der Waals surface area (Å²) in [5.41, 5.74) is 2.56. The third kappa shape index (κ3) is 5.66. The maximum atomic E-state index is 13.1. The van der Waals surface area contributed by atoms with E-state index >= 15 is 0 Å². The average molecular weight is 460 g/mol. The standard InChI is InChI=1S/C26H24N2O6/c1-3-27(26(30)34-18-19-14-16-22(17-15-19)28(31)32)24(25(29)33-2)23(20-10-6-4-7-11-20)21-12-8-5-9-13-21/h4-17H,3,18H2,1-2H3. The molecule has 0 aliphatic heterocycles. The number of non-ortho nitro benzene ring substituents is 1. The molecular formula is C26H24N2O6. The first-order valence-electron chi connectivity index (χ1n) is 10.6. The maximum absolute atomic E-state index is 13.1. The molecule has 3 aromatic rings. The van der Waals surface area contributed by atoms with Crippen molar-refractivity contribution in [3.63, 3.8) is 0 Å². The Bertz CT molecular complexity index is 1130. The van der Waals surface area contributed by atoms with Gasteiger partial charge in [0, 0.05) is 24.3 Å². The molecule has 0 aromatic heterocycles. The predicted octanol–water partition coefficient (Wildman–Crippen LogP) is 5.19. The topological polar surface area (TPSA) is 99.0 Å². The summed E-state index contributed by atoms with van der Waals surface area (Å²) in [7, 11) is 1.26. The molecule has 0 saturated carbocycles. The van der Waals surface area contributed by atoms with Gasteiger partial charge in [-0.1, -0.05) is 60.7 Å². The number of nitro groups is 1. The molecule has 0 heterocycles. The van der Waals surface area contributed by atoms with Crippen molar-refractivity contribution in [2.24, 2.45) is 0 Å². The zero-order chi connectivity index (χ0) is 24.5. The SMILES string of the molecule is CCN(C(=O)OCc1ccc([N+](=O)[O-])cc1)C(C(=O)OC)=C(c1ccccc1)c1ccccc1. The van der Waals surface area contributed by atoms with E-state index in [1.54, 1.807) is 6.92 Å². The van der Waals surface area contributed by atoms with Crippen LogP contribution in [0.5, 0.6) is 0 Å². The number of hydrogen-bond acceptors (Lipinski definition) is 6. The van der Waals surface area contributed by atoms with Crippen molar-refractivity contribution in [1.29, 1.82) is 0 Å². The van der Waals surface area contributed by atoms with Crippen molar-refractivity contribution in [1.82, 2.24) is 4.90 Å². The maximum Gasteiger partial charge on any atom is 0.414 e. The first-order valence-corrected chi connectivity index (χ1v) is 10.6. The Labute approximate surface area is 197 Å². The lowest BCUT2D eigenvalue weighted by atomic mass is 9.95. The minimum atomic E-state index is -0.745. The van der Waals surface area contributed by atoms with Gasteiger partial charge in [-0.15, -0.1) is 0 Å². The quantitative estimate of drug-likeness (QED) is 0.199. The van der Waals surface area contributed by atoms with Crippen LogP contribution in [0, 0.1) is 10.1 Å². The zero-order valence-corrected chi connectivity index (χ0v) is 18.8. The van der Waals surface area contributed by atoms with Crippen LogP contribution in [0.4, 0.5) is 10.5 Å². The van der Waals surface area contributed by atoms with Crippen LogP contribution in [-0.4, -0.2) is 35.5 Å². The van der Waals surface area contributed by atoms with E-state index in [2.05, 4.69) is 0 Å². The molecule has 0 aliphatic carbocycles. The second-order valence-corrected chi connectivity index (χ2v) is 7.17. The number of methoxy groups -OCH3 is 1. The Balaban J connectivity index is 2.00. The predicted molar refractivity (Wildman–Crippen MR) is 127 cm³/mol. The number of carbonyl (C=O) groups is 2. The molecule has 0 aliphatic rings. The molecule has 0 saturated heterocycles. The molecule has 0 N–H and O–H groups in total. The number of nitrogens with zero attached hydrogens (tertiary/aromatic N) is 2. The first-order chi connectivity index (χ1) is 16.5. The summed E-state index contributed by atoms with van der Waals surface area (Å²) in [5.74, 6) is -0.683. The lowest BCUT2D eigenvalue weighted by Crippen LogP contribution is -2.35. The van der Waals surface area contributed by atoms with Crippen LogP contribution in [0.25, 0.3) is 5.57 Å². The van der Waals surface area contributed by atoms with Crippen LogP contribution in [0.15, 0.2) is 90.6 Å². The lowest BCUT2D eigenvalue weighted by Gasteiger charge is -2.25. The fraction of sp³-hybridized carbons (Fsp3) is 0.154. The van der Waals surface area contributed by atoms with Gasteiger partial charge in [-0.05, 0) is 35.7 Å². The van der Waals surface area contributed by atoms with E-state index in [9.17, 15) is 19.7 Å². The molecular weight excluding hydrogens is 436 g/mol. The van der Waals surface area contributed by atoms with Crippen LogP contribution in [-0.2, 0) is 20.9 Å². The van der Waals surface area contributed by atoms with E-state index < -0.39 is 17.0 Å². The van der Waals surface area contributed by atoms with Crippen molar-refractivity contribution in [2.45, 2.75) is 13.5 Å². The summed E-state index contributed by atoms with van der Waals surface area (Å²) in [5, 5.41) is 10.8. The molecule has 3 aromatic carbocycles. The molecule has 34 heavy (non-hydrogen) atoms. The summed E-state index contributed by atoms with van der Waals surface area (Å²) in [6, 6.07) is 24.2. The number of nitro benzene ring substituents is 1. The van der Waals surface area contributed by atoms with Gasteiger partial charge in [-0.3, -0.25) is 15.0 Å². The Kier molecular flexibility index (Phi) is 8.12. The van der Waals surface area contributed by atoms with Crippen molar-refractivity contribution < 1.29 is 24.0 Å². The van der Waals surface area contributed by atoms with Crippen LogP contribution < -0.4 is 0 Å². The van der Waals surface area contributed by atoms with Gasteiger partial charge in [0.1, 0.15) is 12.3 Å². The highest BCUT2D eigenvalue weighted by Crippen LogP contribution is 2.30. The van der Waals surface area contributed by atoms with Crippen LogP contribution >= 0.6 is 0 Å². The van der Waals surface area contributed by atoms with Crippen molar-refractivity contribution in [2.75, 3.05) is 13.7 Å². The van der Waals surface area contributed by atoms with Gasteiger partial charge in [0.2, 0.25) is 0 Å². The fourth-order valence-electron chi connectivity index (χ4n) is 3.41. The molecule has 0 atom stereocenters. The van der Waals surface area contributed by atoms with E-state index in [-0.39, 0.29) is 24.5 Å². The second-order valence-electron chi connectivity index (χ2n) is 7.17. The highest BCUT2D eigenvalue weighted by Gasteiger charge is 2.29. The highest BCUT2D eigenvalue weighted by molar-refractivity contribution is 6.03. The van der Waals surface area contributed by atoms with Gasteiger partial charge in [0.15, 0.2) is 0 Å². The molecule has 1 amide bonds. The Morgan fingerprint density at radius 3 is 1.85 bits per heavy atom. The fourth-order valence-corrected chi connectivity index (χ4v) is 3.41. The molecule has 0 bridgehead atoms. The smallest absolute Gasteiger partial charge is 0.414 e. The largest absolute Gasteiger partial charge is 0.464 e. The Morgan fingerprint density at radius 1 is 0.882 bits per heavy atom. The van der Waals surface area contributed by atoms with Crippen molar-refractivity contribution >= 4 is 23.3 Å². The summed E-state index contributed by atoms with van der Waals surface area (Å²) >= 11 is 0. The van der Waals surface area contributed by atoms with E-state index in [4.69, 9.17) is 9.47 Å². The van der Waals surface area contributed by atoms with Gasteiger partial charge in [0.25, 0.3) is 5.69 Å². The van der Waals surface area contributed by atoms with Gasteiger partial charge in [-0.2, -0.15) is 0 Å². The summed E-state index contributed by atoms with van der Waals surface area (Å²) in [6.07, 6.45) is -0.745. The van der Waals surface area contributed by atoms with Gasteiger partial charge >= 0.3 is 12.1 Å². The number of amides is 1. The second kappa shape index (κ2) is 11.4. The average Bonchev–Trinajstić information content (AvgIpc) is 2.88. The number of carbonyl (C=O) groups excluding carboxylic acids is 2. The number of esters is 1. The highest BCUT2D eigenvalue weighted by atomic mass is 16.6. The zero-order valence-electron chi connectivity index (χ0n) is 18.8.